The molecule has 0 aliphatic heterocycles. The summed E-state index contributed by atoms with van der Waals surface area (Å²) in [5.74, 6) is 1.25. The van der Waals surface area contributed by atoms with Gasteiger partial charge in [-0.05, 0) is 36.5 Å². The Morgan fingerprint density at radius 3 is 2.58 bits per heavy atom. The summed E-state index contributed by atoms with van der Waals surface area (Å²) >= 11 is 0. The van der Waals surface area contributed by atoms with E-state index in [9.17, 15) is 4.79 Å². The van der Waals surface area contributed by atoms with Gasteiger partial charge >= 0.3 is 0 Å². The van der Waals surface area contributed by atoms with Crippen molar-refractivity contribution in [2.45, 2.75) is 38.5 Å². The SMILES string of the molecule is O=c1c(Cc2ccccc2)coc2cccc(OCC3CCCCC3)c12. The summed E-state index contributed by atoms with van der Waals surface area (Å²) in [7, 11) is 0. The summed E-state index contributed by atoms with van der Waals surface area (Å²) in [6.45, 7) is 0.682. The standard InChI is InChI=1S/C23H24O3/c24-23-19(14-17-8-3-1-4-9-17)16-26-21-13-7-12-20(22(21)23)25-15-18-10-5-2-6-11-18/h1,3-4,7-9,12-13,16,18H,2,5-6,10-11,14-15H2. The van der Waals surface area contributed by atoms with Crippen molar-refractivity contribution in [3.05, 3.63) is 76.1 Å². The van der Waals surface area contributed by atoms with Gasteiger partial charge in [0.15, 0.2) is 5.43 Å². The fraction of sp³-hybridized carbons (Fsp3) is 0.348. The van der Waals surface area contributed by atoms with Crippen molar-refractivity contribution >= 4 is 11.0 Å². The topological polar surface area (TPSA) is 39.4 Å². The smallest absolute Gasteiger partial charge is 0.199 e. The lowest BCUT2D eigenvalue weighted by Crippen LogP contribution is -2.16. The summed E-state index contributed by atoms with van der Waals surface area (Å²) < 4.78 is 11.8. The Kier molecular flexibility index (Phi) is 5.05. The molecule has 0 amide bonds. The van der Waals surface area contributed by atoms with Gasteiger partial charge in [-0.3, -0.25) is 4.79 Å². The highest BCUT2D eigenvalue weighted by molar-refractivity contribution is 5.83. The number of hydrogen-bond acceptors (Lipinski definition) is 3. The van der Waals surface area contributed by atoms with Gasteiger partial charge in [0.25, 0.3) is 0 Å². The van der Waals surface area contributed by atoms with Crippen LogP contribution < -0.4 is 10.2 Å². The molecule has 0 bridgehead atoms. The van der Waals surface area contributed by atoms with E-state index in [2.05, 4.69) is 0 Å². The highest BCUT2D eigenvalue weighted by Gasteiger charge is 2.17. The highest BCUT2D eigenvalue weighted by Crippen LogP contribution is 2.27. The van der Waals surface area contributed by atoms with Crippen LogP contribution in [0.5, 0.6) is 5.75 Å². The zero-order valence-corrected chi connectivity index (χ0v) is 14.9. The molecule has 0 unspecified atom stereocenters. The minimum absolute atomic E-state index is 0.00865. The second-order valence-electron chi connectivity index (χ2n) is 7.20. The third-order valence-electron chi connectivity index (χ3n) is 5.27. The van der Waals surface area contributed by atoms with Gasteiger partial charge in [0.1, 0.15) is 16.7 Å². The van der Waals surface area contributed by atoms with Crippen molar-refractivity contribution in [3.8, 4) is 5.75 Å². The van der Waals surface area contributed by atoms with Crippen LogP contribution in [0.3, 0.4) is 0 Å². The number of benzene rings is 2. The van der Waals surface area contributed by atoms with E-state index in [-0.39, 0.29) is 5.43 Å². The molecular formula is C23H24O3. The molecule has 3 aromatic rings. The molecule has 0 N–H and O–H groups in total. The largest absolute Gasteiger partial charge is 0.492 e. The van der Waals surface area contributed by atoms with Crippen LogP contribution in [-0.4, -0.2) is 6.61 Å². The maximum atomic E-state index is 13.1. The van der Waals surface area contributed by atoms with Crippen LogP contribution in [0, 0.1) is 5.92 Å². The summed E-state index contributed by atoms with van der Waals surface area (Å²) in [4.78, 5) is 13.1. The molecule has 0 saturated heterocycles. The third-order valence-corrected chi connectivity index (χ3v) is 5.27. The van der Waals surface area contributed by atoms with E-state index in [0.29, 0.717) is 41.2 Å². The lowest BCUT2D eigenvalue weighted by atomic mass is 9.90. The van der Waals surface area contributed by atoms with Crippen molar-refractivity contribution in [2.24, 2.45) is 5.92 Å². The van der Waals surface area contributed by atoms with Crippen molar-refractivity contribution in [2.75, 3.05) is 6.61 Å². The van der Waals surface area contributed by atoms with E-state index in [1.54, 1.807) is 6.26 Å². The number of fused-ring (bicyclic) bond motifs is 1. The number of hydrogen-bond donors (Lipinski definition) is 0. The molecule has 1 aromatic heterocycles. The van der Waals surface area contributed by atoms with Crippen molar-refractivity contribution in [3.63, 3.8) is 0 Å². The minimum atomic E-state index is 0.00865. The van der Waals surface area contributed by atoms with Gasteiger partial charge in [0.05, 0.1) is 12.9 Å². The molecule has 0 spiro atoms. The van der Waals surface area contributed by atoms with Crippen LogP contribution in [0.25, 0.3) is 11.0 Å². The Bertz CT molecular complexity index is 921. The van der Waals surface area contributed by atoms with Crippen molar-refractivity contribution < 1.29 is 9.15 Å². The molecule has 3 nitrogen and oxygen atoms in total. The summed E-state index contributed by atoms with van der Waals surface area (Å²) in [6, 6.07) is 15.6. The summed E-state index contributed by atoms with van der Waals surface area (Å²) in [5, 5.41) is 0.566. The first-order chi connectivity index (χ1) is 12.8. The zero-order valence-electron chi connectivity index (χ0n) is 14.9. The Labute approximate surface area is 153 Å². The first-order valence-electron chi connectivity index (χ1n) is 9.51. The van der Waals surface area contributed by atoms with E-state index < -0.39 is 0 Å². The predicted octanol–water partition coefficient (Wildman–Crippen LogP) is 5.34. The van der Waals surface area contributed by atoms with E-state index >= 15 is 0 Å². The van der Waals surface area contributed by atoms with Gasteiger partial charge in [-0.25, -0.2) is 0 Å². The Hall–Kier alpha value is -2.55. The molecule has 1 aliphatic rings. The minimum Gasteiger partial charge on any atom is -0.492 e. The lowest BCUT2D eigenvalue weighted by Gasteiger charge is -2.22. The molecule has 0 radical (unpaired) electrons. The second-order valence-corrected chi connectivity index (χ2v) is 7.20. The molecule has 1 fully saturated rings. The van der Waals surface area contributed by atoms with Crippen LogP contribution in [0.4, 0.5) is 0 Å². The first-order valence-corrected chi connectivity index (χ1v) is 9.51. The van der Waals surface area contributed by atoms with E-state index in [1.165, 1.54) is 32.1 Å². The van der Waals surface area contributed by atoms with Gasteiger partial charge in [-0.1, -0.05) is 55.7 Å². The normalized spacial score (nSPS) is 15.2. The molecule has 3 heteroatoms. The van der Waals surface area contributed by atoms with Gasteiger partial charge in [-0.2, -0.15) is 0 Å². The number of ether oxygens (including phenoxy) is 1. The molecule has 26 heavy (non-hydrogen) atoms. The molecule has 0 atom stereocenters. The van der Waals surface area contributed by atoms with Crippen LogP contribution in [0.2, 0.25) is 0 Å². The maximum absolute atomic E-state index is 13.1. The van der Waals surface area contributed by atoms with Gasteiger partial charge in [-0.15, -0.1) is 0 Å². The number of rotatable bonds is 5. The molecule has 1 heterocycles. The molecule has 1 aliphatic carbocycles. The van der Waals surface area contributed by atoms with E-state index in [0.717, 1.165) is 5.56 Å². The average Bonchev–Trinajstić information content (AvgIpc) is 2.70. The molecular weight excluding hydrogens is 324 g/mol. The average molecular weight is 348 g/mol. The Morgan fingerprint density at radius 2 is 1.77 bits per heavy atom. The fourth-order valence-corrected chi connectivity index (χ4v) is 3.80. The zero-order chi connectivity index (χ0) is 17.8. The molecule has 134 valence electrons. The molecule has 1 saturated carbocycles. The van der Waals surface area contributed by atoms with Crippen molar-refractivity contribution in [1.82, 2.24) is 0 Å². The van der Waals surface area contributed by atoms with E-state index in [1.807, 2.05) is 48.5 Å². The third kappa shape index (κ3) is 3.67. The molecule has 4 rings (SSSR count). The fourth-order valence-electron chi connectivity index (χ4n) is 3.80. The van der Waals surface area contributed by atoms with Crippen LogP contribution in [0.1, 0.15) is 43.2 Å². The summed E-state index contributed by atoms with van der Waals surface area (Å²) in [5.41, 5.74) is 2.36. The van der Waals surface area contributed by atoms with Gasteiger partial charge in [0, 0.05) is 12.0 Å². The molecule has 2 aromatic carbocycles. The first kappa shape index (κ1) is 16.9. The Morgan fingerprint density at radius 1 is 0.962 bits per heavy atom. The quantitative estimate of drug-likeness (QED) is 0.624. The second kappa shape index (κ2) is 7.77. The van der Waals surface area contributed by atoms with Crippen LogP contribution in [0.15, 0.2) is 64.0 Å². The van der Waals surface area contributed by atoms with Gasteiger partial charge in [0.2, 0.25) is 0 Å². The lowest BCUT2D eigenvalue weighted by molar-refractivity contribution is 0.210. The van der Waals surface area contributed by atoms with Crippen LogP contribution >= 0.6 is 0 Å². The monoisotopic (exact) mass is 348 g/mol. The Balaban J connectivity index is 1.63. The van der Waals surface area contributed by atoms with E-state index in [4.69, 9.17) is 9.15 Å². The van der Waals surface area contributed by atoms with Crippen molar-refractivity contribution in [1.29, 1.82) is 0 Å². The predicted molar refractivity (Wildman–Crippen MR) is 104 cm³/mol. The summed E-state index contributed by atoms with van der Waals surface area (Å²) in [6.07, 6.45) is 8.49. The highest BCUT2D eigenvalue weighted by atomic mass is 16.5. The van der Waals surface area contributed by atoms with Gasteiger partial charge < -0.3 is 9.15 Å². The van der Waals surface area contributed by atoms with Crippen LogP contribution in [-0.2, 0) is 6.42 Å². The maximum Gasteiger partial charge on any atom is 0.199 e.